The van der Waals surface area contributed by atoms with Gasteiger partial charge in [0.2, 0.25) is 0 Å². The van der Waals surface area contributed by atoms with Crippen LogP contribution in [0.3, 0.4) is 0 Å². The highest BCUT2D eigenvalue weighted by Crippen LogP contribution is 2.32. The molecule has 0 fully saturated rings. The summed E-state index contributed by atoms with van der Waals surface area (Å²) < 4.78 is 1.94. The Morgan fingerprint density at radius 2 is 2.00 bits per heavy atom. The molecule has 2 aromatic heterocycles. The van der Waals surface area contributed by atoms with Gasteiger partial charge in [-0.3, -0.25) is 9.78 Å². The van der Waals surface area contributed by atoms with Crippen molar-refractivity contribution in [2.24, 2.45) is 12.8 Å². The third-order valence-electron chi connectivity index (χ3n) is 3.97. The molecule has 2 heterocycles. The van der Waals surface area contributed by atoms with Crippen molar-refractivity contribution in [3.05, 3.63) is 48.4 Å². The summed E-state index contributed by atoms with van der Waals surface area (Å²) in [7, 11) is 1.91. The average Bonchev–Trinajstić information content (AvgIpc) is 2.84. The molecule has 0 saturated heterocycles. The number of fused-ring (bicyclic) bond motifs is 1. The van der Waals surface area contributed by atoms with Crippen molar-refractivity contribution in [1.82, 2.24) is 9.55 Å². The maximum atomic E-state index is 11.0. The molecule has 3 aromatic rings. The molecule has 0 aliphatic carbocycles. The van der Waals surface area contributed by atoms with Gasteiger partial charge in [0.1, 0.15) is 6.04 Å². The average molecular weight is 310 g/mol. The van der Waals surface area contributed by atoms with Crippen LogP contribution in [-0.4, -0.2) is 26.7 Å². The van der Waals surface area contributed by atoms with Gasteiger partial charge in [-0.05, 0) is 41.0 Å². The highest BCUT2D eigenvalue weighted by molar-refractivity contribution is 5.98. The summed E-state index contributed by atoms with van der Waals surface area (Å²) in [5.74, 6) is -1.02. The molecule has 6 nitrogen and oxygen atoms in total. The summed E-state index contributed by atoms with van der Waals surface area (Å²) in [5.41, 5.74) is 16.3. The van der Waals surface area contributed by atoms with Gasteiger partial charge in [0.15, 0.2) is 0 Å². The van der Waals surface area contributed by atoms with E-state index >= 15 is 0 Å². The standard InChI is InChI=1S/C17H18N4O2/c1-21-9-12(7-14(19)17(22)23)16-13(18)6-11(8-15(16)21)10-2-4-20-5-3-10/h2-6,8-9,14H,7,18-19H2,1H3,(H,22,23). The molecule has 23 heavy (non-hydrogen) atoms. The topological polar surface area (TPSA) is 107 Å². The lowest BCUT2D eigenvalue weighted by molar-refractivity contribution is -0.138. The summed E-state index contributed by atoms with van der Waals surface area (Å²) in [6.07, 6.45) is 5.60. The summed E-state index contributed by atoms with van der Waals surface area (Å²) in [6, 6.07) is 6.83. The number of anilines is 1. The van der Waals surface area contributed by atoms with E-state index in [-0.39, 0.29) is 6.42 Å². The van der Waals surface area contributed by atoms with Crippen LogP contribution in [0.5, 0.6) is 0 Å². The fourth-order valence-corrected chi connectivity index (χ4v) is 2.83. The van der Waals surface area contributed by atoms with Gasteiger partial charge in [0.25, 0.3) is 0 Å². The number of nitrogen functional groups attached to an aromatic ring is 1. The SMILES string of the molecule is Cn1cc(CC(N)C(=O)O)c2c(N)cc(-c3ccncc3)cc21. The highest BCUT2D eigenvalue weighted by atomic mass is 16.4. The Labute approximate surface area is 133 Å². The Morgan fingerprint density at radius 3 is 2.65 bits per heavy atom. The van der Waals surface area contributed by atoms with Gasteiger partial charge in [-0.2, -0.15) is 0 Å². The largest absolute Gasteiger partial charge is 0.480 e. The van der Waals surface area contributed by atoms with E-state index in [9.17, 15) is 4.79 Å². The summed E-state index contributed by atoms with van der Waals surface area (Å²) in [5, 5.41) is 9.88. The Hall–Kier alpha value is -2.86. The van der Waals surface area contributed by atoms with E-state index in [2.05, 4.69) is 4.98 Å². The molecule has 5 N–H and O–H groups in total. The summed E-state index contributed by atoms with van der Waals surface area (Å²) in [4.78, 5) is 15.0. The number of carboxylic acid groups (broad SMARTS) is 1. The number of nitrogens with two attached hydrogens (primary N) is 2. The minimum atomic E-state index is -1.02. The molecule has 6 heteroatoms. The van der Waals surface area contributed by atoms with Gasteiger partial charge < -0.3 is 21.1 Å². The normalized spacial score (nSPS) is 12.4. The monoisotopic (exact) mass is 310 g/mol. The van der Waals surface area contributed by atoms with E-state index in [1.807, 2.05) is 42.1 Å². The number of benzene rings is 1. The molecule has 0 aliphatic heterocycles. The second-order valence-corrected chi connectivity index (χ2v) is 5.61. The van der Waals surface area contributed by atoms with Crippen LogP contribution < -0.4 is 11.5 Å². The third-order valence-corrected chi connectivity index (χ3v) is 3.97. The Morgan fingerprint density at radius 1 is 1.30 bits per heavy atom. The molecule has 118 valence electrons. The van der Waals surface area contributed by atoms with Gasteiger partial charge in [0.05, 0.1) is 5.52 Å². The molecule has 0 bridgehead atoms. The molecule has 1 aromatic carbocycles. The number of carbonyl (C=O) groups is 1. The van der Waals surface area contributed by atoms with Crippen LogP contribution in [0.4, 0.5) is 5.69 Å². The molecular weight excluding hydrogens is 292 g/mol. The van der Waals surface area contributed by atoms with Crippen molar-refractivity contribution < 1.29 is 9.90 Å². The lowest BCUT2D eigenvalue weighted by Gasteiger charge is -2.08. The molecule has 0 amide bonds. The highest BCUT2D eigenvalue weighted by Gasteiger charge is 2.18. The van der Waals surface area contributed by atoms with E-state index in [1.54, 1.807) is 12.4 Å². The third kappa shape index (κ3) is 2.76. The molecular formula is C17H18N4O2. The van der Waals surface area contributed by atoms with Crippen molar-refractivity contribution in [3.8, 4) is 11.1 Å². The fourth-order valence-electron chi connectivity index (χ4n) is 2.83. The van der Waals surface area contributed by atoms with E-state index in [1.165, 1.54) is 0 Å². The number of hydrogen-bond acceptors (Lipinski definition) is 4. The number of pyridine rings is 1. The van der Waals surface area contributed by atoms with Crippen LogP contribution in [0.1, 0.15) is 5.56 Å². The number of aryl methyl sites for hydroxylation is 1. The minimum Gasteiger partial charge on any atom is -0.480 e. The van der Waals surface area contributed by atoms with Crippen LogP contribution >= 0.6 is 0 Å². The Balaban J connectivity index is 2.12. The number of aliphatic carboxylic acids is 1. The zero-order valence-corrected chi connectivity index (χ0v) is 12.7. The zero-order chi connectivity index (χ0) is 16.6. The minimum absolute atomic E-state index is 0.242. The molecule has 3 rings (SSSR count). The smallest absolute Gasteiger partial charge is 0.320 e. The lowest BCUT2D eigenvalue weighted by Crippen LogP contribution is -2.32. The van der Waals surface area contributed by atoms with Gasteiger partial charge in [-0.1, -0.05) is 0 Å². The van der Waals surface area contributed by atoms with Crippen molar-refractivity contribution in [3.63, 3.8) is 0 Å². The first-order valence-corrected chi connectivity index (χ1v) is 7.23. The van der Waals surface area contributed by atoms with Crippen LogP contribution in [0.15, 0.2) is 42.9 Å². The maximum Gasteiger partial charge on any atom is 0.320 e. The summed E-state index contributed by atoms with van der Waals surface area (Å²) in [6.45, 7) is 0. The van der Waals surface area contributed by atoms with E-state index in [4.69, 9.17) is 16.6 Å². The van der Waals surface area contributed by atoms with Crippen molar-refractivity contribution in [1.29, 1.82) is 0 Å². The quantitative estimate of drug-likeness (QED) is 0.637. The van der Waals surface area contributed by atoms with E-state index in [0.717, 1.165) is 27.6 Å². The van der Waals surface area contributed by atoms with E-state index in [0.29, 0.717) is 5.69 Å². The van der Waals surface area contributed by atoms with Crippen molar-refractivity contribution in [2.45, 2.75) is 12.5 Å². The second-order valence-electron chi connectivity index (χ2n) is 5.61. The molecule has 0 spiro atoms. The van der Waals surface area contributed by atoms with Crippen LogP contribution in [0, 0.1) is 0 Å². The van der Waals surface area contributed by atoms with E-state index < -0.39 is 12.0 Å². The van der Waals surface area contributed by atoms with Crippen molar-refractivity contribution in [2.75, 3.05) is 5.73 Å². The number of carboxylic acids is 1. The number of rotatable bonds is 4. The number of aromatic nitrogens is 2. The fraction of sp³-hybridized carbons (Fsp3) is 0.176. The number of nitrogens with zero attached hydrogens (tertiary/aromatic N) is 2. The Bertz CT molecular complexity index is 871. The lowest BCUT2D eigenvalue weighted by atomic mass is 10.00. The molecule has 1 atom stereocenters. The molecule has 1 unspecified atom stereocenters. The Kier molecular flexibility index (Phi) is 3.75. The maximum absolute atomic E-state index is 11.0. The van der Waals surface area contributed by atoms with Gasteiger partial charge >= 0.3 is 5.97 Å². The predicted octanol–water partition coefficient (Wildman–Crippen LogP) is 1.78. The number of hydrogen-bond donors (Lipinski definition) is 3. The first-order valence-electron chi connectivity index (χ1n) is 7.23. The molecule has 0 aliphatic rings. The first kappa shape index (κ1) is 15.1. The summed E-state index contributed by atoms with van der Waals surface area (Å²) >= 11 is 0. The zero-order valence-electron chi connectivity index (χ0n) is 12.7. The molecule has 0 saturated carbocycles. The van der Waals surface area contributed by atoms with Crippen LogP contribution in [-0.2, 0) is 18.3 Å². The van der Waals surface area contributed by atoms with Crippen LogP contribution in [0.2, 0.25) is 0 Å². The molecule has 0 radical (unpaired) electrons. The predicted molar refractivity (Wildman–Crippen MR) is 89.9 cm³/mol. The van der Waals surface area contributed by atoms with Gasteiger partial charge in [-0.15, -0.1) is 0 Å². The van der Waals surface area contributed by atoms with Gasteiger partial charge in [0, 0.05) is 43.1 Å². The van der Waals surface area contributed by atoms with Gasteiger partial charge in [-0.25, -0.2) is 0 Å². The van der Waals surface area contributed by atoms with Crippen molar-refractivity contribution >= 4 is 22.6 Å². The van der Waals surface area contributed by atoms with Crippen LogP contribution in [0.25, 0.3) is 22.0 Å². The first-order chi connectivity index (χ1) is 11.0. The second kappa shape index (κ2) is 5.73.